The Morgan fingerprint density at radius 3 is 2.65 bits per heavy atom. The first kappa shape index (κ1) is 14.9. The van der Waals surface area contributed by atoms with E-state index in [9.17, 15) is 0 Å². The molecule has 1 aromatic carbocycles. The van der Waals surface area contributed by atoms with Crippen molar-refractivity contribution in [3.63, 3.8) is 0 Å². The second-order valence-electron chi connectivity index (χ2n) is 6.19. The number of nitrogen functional groups attached to an aromatic ring is 1. The van der Waals surface area contributed by atoms with E-state index in [4.69, 9.17) is 5.73 Å². The SMILES string of the molecule is CC(C)CN(CCc1nc2ccc(N)cc2[nH]1)C(C)C. The highest BCUT2D eigenvalue weighted by molar-refractivity contribution is 5.78. The Labute approximate surface area is 121 Å². The van der Waals surface area contributed by atoms with Crippen molar-refractivity contribution in [2.24, 2.45) is 5.92 Å². The average molecular weight is 274 g/mol. The lowest BCUT2D eigenvalue weighted by Gasteiger charge is -2.27. The van der Waals surface area contributed by atoms with E-state index >= 15 is 0 Å². The molecular weight excluding hydrogens is 248 g/mol. The molecule has 0 bridgehead atoms. The van der Waals surface area contributed by atoms with Crippen molar-refractivity contribution < 1.29 is 0 Å². The van der Waals surface area contributed by atoms with Crippen LogP contribution in [0.25, 0.3) is 11.0 Å². The molecule has 0 amide bonds. The van der Waals surface area contributed by atoms with Crippen molar-refractivity contribution in [1.82, 2.24) is 14.9 Å². The maximum atomic E-state index is 5.79. The summed E-state index contributed by atoms with van der Waals surface area (Å²) in [5.41, 5.74) is 8.59. The molecule has 0 aliphatic rings. The third-order valence-electron chi connectivity index (χ3n) is 3.52. The average Bonchev–Trinajstić information content (AvgIpc) is 2.75. The number of aromatic nitrogens is 2. The van der Waals surface area contributed by atoms with Crippen LogP contribution in [0.2, 0.25) is 0 Å². The molecule has 2 aromatic rings. The Bertz CT molecular complexity index is 557. The molecule has 0 aliphatic carbocycles. The number of fused-ring (bicyclic) bond motifs is 1. The Hall–Kier alpha value is -1.55. The van der Waals surface area contributed by atoms with E-state index in [-0.39, 0.29) is 0 Å². The van der Waals surface area contributed by atoms with Gasteiger partial charge in [-0.3, -0.25) is 0 Å². The minimum absolute atomic E-state index is 0.567. The van der Waals surface area contributed by atoms with Gasteiger partial charge in [0.05, 0.1) is 11.0 Å². The third-order valence-corrected chi connectivity index (χ3v) is 3.52. The van der Waals surface area contributed by atoms with Crippen molar-refractivity contribution in [2.45, 2.75) is 40.2 Å². The summed E-state index contributed by atoms with van der Waals surface area (Å²) in [6.07, 6.45) is 0.944. The van der Waals surface area contributed by atoms with Gasteiger partial charge in [0.15, 0.2) is 0 Å². The summed E-state index contributed by atoms with van der Waals surface area (Å²) in [4.78, 5) is 10.5. The Morgan fingerprint density at radius 1 is 1.25 bits per heavy atom. The number of rotatable bonds is 6. The van der Waals surface area contributed by atoms with E-state index in [0.29, 0.717) is 12.0 Å². The number of benzene rings is 1. The largest absolute Gasteiger partial charge is 0.399 e. The number of imidazole rings is 1. The second-order valence-corrected chi connectivity index (χ2v) is 6.19. The van der Waals surface area contributed by atoms with Gasteiger partial charge in [-0.2, -0.15) is 0 Å². The van der Waals surface area contributed by atoms with Crippen molar-refractivity contribution in [1.29, 1.82) is 0 Å². The van der Waals surface area contributed by atoms with Crippen LogP contribution in [0.1, 0.15) is 33.5 Å². The van der Waals surface area contributed by atoms with E-state index in [0.717, 1.165) is 42.1 Å². The molecule has 3 N–H and O–H groups in total. The first-order chi connectivity index (χ1) is 9.45. The molecular formula is C16H26N4. The zero-order valence-electron chi connectivity index (χ0n) is 13.0. The maximum Gasteiger partial charge on any atom is 0.108 e. The fourth-order valence-corrected chi connectivity index (χ4v) is 2.48. The van der Waals surface area contributed by atoms with Crippen LogP contribution in [0.5, 0.6) is 0 Å². The van der Waals surface area contributed by atoms with Crippen LogP contribution in [0, 0.1) is 5.92 Å². The molecule has 4 heteroatoms. The Morgan fingerprint density at radius 2 is 2.00 bits per heavy atom. The van der Waals surface area contributed by atoms with Gasteiger partial charge in [-0.15, -0.1) is 0 Å². The van der Waals surface area contributed by atoms with Gasteiger partial charge in [0, 0.05) is 31.2 Å². The van der Waals surface area contributed by atoms with Crippen LogP contribution in [0.3, 0.4) is 0 Å². The van der Waals surface area contributed by atoms with Gasteiger partial charge < -0.3 is 15.6 Å². The molecule has 1 heterocycles. The third kappa shape index (κ3) is 3.73. The molecule has 0 atom stereocenters. The second kappa shape index (κ2) is 6.27. The first-order valence-corrected chi connectivity index (χ1v) is 7.44. The van der Waals surface area contributed by atoms with Crippen molar-refractivity contribution in [2.75, 3.05) is 18.8 Å². The number of hydrogen-bond acceptors (Lipinski definition) is 3. The fraction of sp³-hybridized carbons (Fsp3) is 0.562. The molecule has 0 saturated carbocycles. The zero-order chi connectivity index (χ0) is 14.7. The molecule has 20 heavy (non-hydrogen) atoms. The predicted octanol–water partition coefficient (Wildman–Crippen LogP) is 3.05. The topological polar surface area (TPSA) is 57.9 Å². The molecule has 1 aromatic heterocycles. The smallest absolute Gasteiger partial charge is 0.108 e. The summed E-state index contributed by atoms with van der Waals surface area (Å²) in [6, 6.07) is 6.38. The van der Waals surface area contributed by atoms with Crippen LogP contribution in [-0.2, 0) is 6.42 Å². The summed E-state index contributed by atoms with van der Waals surface area (Å²) in [5, 5.41) is 0. The Balaban J connectivity index is 2.03. The van der Waals surface area contributed by atoms with Crippen molar-refractivity contribution in [3.8, 4) is 0 Å². The lowest BCUT2D eigenvalue weighted by atomic mass is 10.1. The zero-order valence-corrected chi connectivity index (χ0v) is 13.0. The molecule has 0 saturated heterocycles. The number of nitrogens with two attached hydrogens (primary N) is 1. The number of nitrogens with zero attached hydrogens (tertiary/aromatic N) is 2. The quantitative estimate of drug-likeness (QED) is 0.796. The molecule has 2 rings (SSSR count). The molecule has 0 fully saturated rings. The summed E-state index contributed by atoms with van der Waals surface area (Å²) in [7, 11) is 0. The van der Waals surface area contributed by atoms with Gasteiger partial charge in [0.1, 0.15) is 5.82 Å². The van der Waals surface area contributed by atoms with Gasteiger partial charge in [-0.25, -0.2) is 4.98 Å². The van der Waals surface area contributed by atoms with Crippen LogP contribution in [-0.4, -0.2) is 34.0 Å². The number of anilines is 1. The highest BCUT2D eigenvalue weighted by atomic mass is 15.1. The minimum Gasteiger partial charge on any atom is -0.399 e. The van der Waals surface area contributed by atoms with E-state index in [2.05, 4.69) is 42.6 Å². The van der Waals surface area contributed by atoms with Gasteiger partial charge in [-0.05, 0) is 38.0 Å². The van der Waals surface area contributed by atoms with E-state index in [1.165, 1.54) is 0 Å². The highest BCUT2D eigenvalue weighted by Crippen LogP contribution is 2.15. The van der Waals surface area contributed by atoms with E-state index in [1.54, 1.807) is 0 Å². The number of hydrogen-bond donors (Lipinski definition) is 2. The number of nitrogens with one attached hydrogen (secondary N) is 1. The van der Waals surface area contributed by atoms with Gasteiger partial charge in [0.2, 0.25) is 0 Å². The van der Waals surface area contributed by atoms with Crippen LogP contribution in [0.15, 0.2) is 18.2 Å². The van der Waals surface area contributed by atoms with E-state index < -0.39 is 0 Å². The van der Waals surface area contributed by atoms with Crippen LogP contribution in [0.4, 0.5) is 5.69 Å². The monoisotopic (exact) mass is 274 g/mol. The van der Waals surface area contributed by atoms with Crippen molar-refractivity contribution >= 4 is 16.7 Å². The fourth-order valence-electron chi connectivity index (χ4n) is 2.48. The summed E-state index contributed by atoms with van der Waals surface area (Å²) in [5.74, 6) is 1.73. The van der Waals surface area contributed by atoms with Gasteiger partial charge in [0.25, 0.3) is 0 Å². The first-order valence-electron chi connectivity index (χ1n) is 7.44. The normalized spacial score (nSPS) is 12.2. The summed E-state index contributed by atoms with van der Waals surface area (Å²) in [6.45, 7) is 11.2. The summed E-state index contributed by atoms with van der Waals surface area (Å²) >= 11 is 0. The van der Waals surface area contributed by atoms with Crippen LogP contribution < -0.4 is 5.73 Å². The maximum absolute atomic E-state index is 5.79. The molecule has 0 unspecified atom stereocenters. The molecule has 0 aliphatic heterocycles. The summed E-state index contributed by atoms with van der Waals surface area (Å²) < 4.78 is 0. The predicted molar refractivity (Wildman–Crippen MR) is 85.8 cm³/mol. The van der Waals surface area contributed by atoms with Crippen molar-refractivity contribution in [3.05, 3.63) is 24.0 Å². The van der Waals surface area contributed by atoms with Gasteiger partial charge in [-0.1, -0.05) is 13.8 Å². The molecule has 4 nitrogen and oxygen atoms in total. The molecule has 0 spiro atoms. The molecule has 110 valence electrons. The lowest BCUT2D eigenvalue weighted by molar-refractivity contribution is 0.199. The van der Waals surface area contributed by atoms with Gasteiger partial charge >= 0.3 is 0 Å². The lowest BCUT2D eigenvalue weighted by Crippen LogP contribution is -2.35. The number of H-pyrrole nitrogens is 1. The standard InChI is InChI=1S/C16H26N4/c1-11(2)10-20(12(3)4)8-7-16-18-14-6-5-13(17)9-15(14)19-16/h5-6,9,11-12H,7-8,10,17H2,1-4H3,(H,18,19). The number of aromatic amines is 1. The molecule has 0 radical (unpaired) electrons. The minimum atomic E-state index is 0.567. The van der Waals surface area contributed by atoms with E-state index in [1.807, 2.05) is 18.2 Å². The van der Waals surface area contributed by atoms with Crippen LogP contribution >= 0.6 is 0 Å². The highest BCUT2D eigenvalue weighted by Gasteiger charge is 2.12. The Kier molecular flexibility index (Phi) is 4.65.